The molecule has 0 spiro atoms. The van der Waals surface area contributed by atoms with E-state index in [0.717, 1.165) is 16.3 Å². The maximum Gasteiger partial charge on any atom is 0.101 e. The molecule has 134 valence electrons. The van der Waals surface area contributed by atoms with E-state index in [1.54, 1.807) is 11.8 Å². The van der Waals surface area contributed by atoms with Crippen molar-refractivity contribution in [2.24, 2.45) is 0 Å². The van der Waals surface area contributed by atoms with Crippen molar-refractivity contribution in [1.82, 2.24) is 0 Å². The Hall–Kier alpha value is -1.97. The Bertz CT molecular complexity index is 1100. The topological polar surface area (TPSA) is 27.0 Å². The summed E-state index contributed by atoms with van der Waals surface area (Å²) < 4.78 is 1.24. The van der Waals surface area contributed by atoms with Gasteiger partial charge in [0.25, 0.3) is 0 Å². The van der Waals surface area contributed by atoms with E-state index in [0.29, 0.717) is 5.56 Å². The first-order valence-electron chi connectivity index (χ1n) is 8.81. The Labute approximate surface area is 178 Å². The van der Waals surface area contributed by atoms with Gasteiger partial charge in [0.2, 0.25) is 0 Å². The molecule has 1 aliphatic rings. The van der Waals surface area contributed by atoms with Gasteiger partial charge in [0.15, 0.2) is 0 Å². The molecule has 1 heterocycles. The monoisotopic (exact) mass is 482 g/mol. The summed E-state index contributed by atoms with van der Waals surface area (Å²) in [6.07, 6.45) is 0. The Morgan fingerprint density at radius 1 is 0.815 bits per heavy atom. The van der Waals surface area contributed by atoms with Crippen LogP contribution in [0.15, 0.2) is 52.3 Å². The van der Waals surface area contributed by atoms with Crippen LogP contribution in [0, 0.1) is 42.6 Å². The average Bonchev–Trinajstić information content (AvgIpc) is 2.69. The predicted molar refractivity (Wildman–Crippen MR) is 122 cm³/mol. The van der Waals surface area contributed by atoms with Gasteiger partial charge in [-0.1, -0.05) is 30.0 Å². The predicted octanol–water partition coefficient (Wildman–Crippen LogP) is 7.33. The number of benzene rings is 3. The molecule has 0 unspecified atom stereocenters. The number of hydrogen-bond donors (Lipinski definition) is 0. The largest absolute Gasteiger partial charge is 0.306 e. The summed E-state index contributed by atoms with van der Waals surface area (Å²) in [5.41, 5.74) is 9.26. The normalized spacial score (nSPS) is 12.4. The van der Waals surface area contributed by atoms with Crippen LogP contribution in [0.4, 0.5) is 17.1 Å². The van der Waals surface area contributed by atoms with Crippen molar-refractivity contribution in [3.8, 4) is 6.07 Å². The lowest BCUT2D eigenvalue weighted by molar-refractivity contribution is 1.11. The van der Waals surface area contributed by atoms with Crippen LogP contribution in [0.25, 0.3) is 0 Å². The highest BCUT2D eigenvalue weighted by Crippen LogP contribution is 2.54. The van der Waals surface area contributed by atoms with Crippen molar-refractivity contribution in [3.63, 3.8) is 0 Å². The van der Waals surface area contributed by atoms with Gasteiger partial charge in [0.1, 0.15) is 6.07 Å². The molecule has 0 aromatic heterocycles. The zero-order valence-electron chi connectivity index (χ0n) is 15.7. The van der Waals surface area contributed by atoms with Crippen molar-refractivity contribution in [1.29, 1.82) is 5.26 Å². The van der Waals surface area contributed by atoms with Crippen LogP contribution in [-0.4, -0.2) is 0 Å². The SMILES string of the molecule is Cc1c(C)c(C)c(N2c3ccccc3Sc3cccc(C#N)c32)c(I)c1C. The molecule has 0 atom stereocenters. The van der Waals surface area contributed by atoms with Crippen LogP contribution in [0.3, 0.4) is 0 Å². The first-order chi connectivity index (χ1) is 13.0. The molecule has 2 nitrogen and oxygen atoms in total. The van der Waals surface area contributed by atoms with Crippen molar-refractivity contribution in [2.45, 2.75) is 37.5 Å². The molecule has 3 aromatic rings. The maximum atomic E-state index is 9.81. The number of nitrogens with zero attached hydrogens (tertiary/aromatic N) is 2. The summed E-state index contributed by atoms with van der Waals surface area (Å²) in [4.78, 5) is 4.64. The minimum atomic E-state index is 0.709. The second-order valence-corrected chi connectivity index (χ2v) is 8.99. The quantitative estimate of drug-likeness (QED) is 0.266. The molecule has 27 heavy (non-hydrogen) atoms. The van der Waals surface area contributed by atoms with E-state index >= 15 is 0 Å². The molecule has 4 heteroatoms. The van der Waals surface area contributed by atoms with Crippen LogP contribution >= 0.6 is 34.4 Å². The van der Waals surface area contributed by atoms with E-state index in [-0.39, 0.29) is 0 Å². The number of nitriles is 1. The Morgan fingerprint density at radius 3 is 2.22 bits per heavy atom. The molecule has 0 radical (unpaired) electrons. The number of halogens is 1. The Kier molecular flexibility index (Phi) is 4.69. The highest BCUT2D eigenvalue weighted by molar-refractivity contribution is 14.1. The third-order valence-electron chi connectivity index (χ3n) is 5.47. The average molecular weight is 482 g/mol. The molecule has 0 saturated carbocycles. The molecular weight excluding hydrogens is 463 g/mol. The summed E-state index contributed by atoms with van der Waals surface area (Å²) in [5.74, 6) is 0. The van der Waals surface area contributed by atoms with Gasteiger partial charge in [0.05, 0.1) is 22.6 Å². The van der Waals surface area contributed by atoms with Crippen LogP contribution in [-0.2, 0) is 0 Å². The van der Waals surface area contributed by atoms with Gasteiger partial charge in [0, 0.05) is 13.4 Å². The van der Waals surface area contributed by atoms with E-state index < -0.39 is 0 Å². The first kappa shape index (κ1) is 18.4. The number of fused-ring (bicyclic) bond motifs is 2. The van der Waals surface area contributed by atoms with Crippen LogP contribution in [0.1, 0.15) is 27.8 Å². The van der Waals surface area contributed by atoms with E-state index in [2.05, 4.69) is 91.6 Å². The fourth-order valence-corrected chi connectivity index (χ4v) is 5.78. The molecule has 0 N–H and O–H groups in total. The van der Waals surface area contributed by atoms with Crippen molar-refractivity contribution in [3.05, 3.63) is 73.9 Å². The second kappa shape index (κ2) is 6.88. The zero-order chi connectivity index (χ0) is 19.3. The van der Waals surface area contributed by atoms with Crippen LogP contribution in [0.2, 0.25) is 0 Å². The van der Waals surface area contributed by atoms with Gasteiger partial charge < -0.3 is 4.90 Å². The summed E-state index contributed by atoms with van der Waals surface area (Å²) in [6, 6.07) is 16.9. The highest BCUT2D eigenvalue weighted by atomic mass is 127. The minimum Gasteiger partial charge on any atom is -0.306 e. The smallest absolute Gasteiger partial charge is 0.101 e. The molecule has 1 aliphatic heterocycles. The standard InChI is InChI=1S/C23H19IN2S/c1-13-14(2)16(4)22(21(24)15(13)3)26-18-9-5-6-10-19(18)27-20-11-7-8-17(12-25)23(20)26/h5-11H,1-4H3. The molecule has 0 aliphatic carbocycles. The van der Waals surface area contributed by atoms with Gasteiger partial charge in [-0.2, -0.15) is 5.26 Å². The Morgan fingerprint density at radius 2 is 1.48 bits per heavy atom. The second-order valence-electron chi connectivity index (χ2n) is 6.83. The number of hydrogen-bond acceptors (Lipinski definition) is 3. The minimum absolute atomic E-state index is 0.709. The first-order valence-corrected chi connectivity index (χ1v) is 10.7. The third kappa shape index (κ3) is 2.76. The molecule has 0 bridgehead atoms. The van der Waals surface area contributed by atoms with E-state index in [9.17, 15) is 5.26 Å². The van der Waals surface area contributed by atoms with Crippen molar-refractivity contribution in [2.75, 3.05) is 4.90 Å². The molecule has 3 aromatic carbocycles. The Balaban J connectivity index is 2.13. The van der Waals surface area contributed by atoms with Gasteiger partial charge in [-0.25, -0.2) is 0 Å². The molecule has 0 fully saturated rings. The van der Waals surface area contributed by atoms with Gasteiger partial charge >= 0.3 is 0 Å². The van der Waals surface area contributed by atoms with E-state index in [1.165, 1.54) is 36.4 Å². The molecule has 4 rings (SSSR count). The highest BCUT2D eigenvalue weighted by Gasteiger charge is 2.30. The van der Waals surface area contributed by atoms with Gasteiger partial charge in [-0.3, -0.25) is 0 Å². The number of rotatable bonds is 1. The van der Waals surface area contributed by atoms with Crippen molar-refractivity contribution >= 4 is 51.4 Å². The third-order valence-corrected chi connectivity index (χ3v) is 7.91. The molecule has 0 amide bonds. The fourth-order valence-electron chi connectivity index (χ4n) is 3.64. The van der Waals surface area contributed by atoms with Gasteiger partial charge in [-0.15, -0.1) is 0 Å². The lowest BCUT2D eigenvalue weighted by Gasteiger charge is -2.36. The fraction of sp³-hybridized carbons (Fsp3) is 0.174. The van der Waals surface area contributed by atoms with E-state index in [4.69, 9.17) is 0 Å². The van der Waals surface area contributed by atoms with Gasteiger partial charge in [-0.05, 0) is 96.8 Å². The number of para-hydroxylation sites is 2. The molecular formula is C23H19IN2S. The summed E-state index contributed by atoms with van der Waals surface area (Å²) in [6.45, 7) is 8.77. The summed E-state index contributed by atoms with van der Waals surface area (Å²) >= 11 is 4.20. The molecule has 0 saturated heterocycles. The lowest BCUT2D eigenvalue weighted by atomic mass is 9.96. The summed E-state index contributed by atoms with van der Waals surface area (Å²) in [5, 5.41) is 9.81. The maximum absolute atomic E-state index is 9.81. The number of anilines is 3. The lowest BCUT2D eigenvalue weighted by Crippen LogP contribution is -2.19. The van der Waals surface area contributed by atoms with Crippen LogP contribution in [0.5, 0.6) is 0 Å². The van der Waals surface area contributed by atoms with Crippen LogP contribution < -0.4 is 4.90 Å². The summed E-state index contributed by atoms with van der Waals surface area (Å²) in [7, 11) is 0. The van der Waals surface area contributed by atoms with Crippen molar-refractivity contribution < 1.29 is 0 Å². The van der Waals surface area contributed by atoms with E-state index in [1.807, 2.05) is 12.1 Å². The zero-order valence-corrected chi connectivity index (χ0v) is 18.7.